The first-order valence-corrected chi connectivity index (χ1v) is 16.2. The number of carbonyl (C=O) groups excluding carboxylic acids is 2. The highest BCUT2D eigenvalue weighted by atomic mass is 32.2. The predicted molar refractivity (Wildman–Crippen MR) is 163 cm³/mol. The smallest absolute Gasteiger partial charge is 0.452 e. The van der Waals surface area contributed by atoms with Gasteiger partial charge in [0.2, 0.25) is 6.79 Å². The van der Waals surface area contributed by atoms with Crippen LogP contribution < -0.4 is 15.5 Å². The lowest BCUT2D eigenvalue weighted by Crippen LogP contribution is -2.59. The van der Waals surface area contributed by atoms with Crippen molar-refractivity contribution in [2.45, 2.75) is 42.2 Å². The Morgan fingerprint density at radius 1 is 1.19 bits per heavy atom. The molecule has 7 rings (SSSR count). The number of carbonyl (C=O) groups is 2. The van der Waals surface area contributed by atoms with E-state index in [1.165, 1.54) is 16.4 Å². The summed E-state index contributed by atoms with van der Waals surface area (Å²) in [6.07, 6.45) is 0.311. The van der Waals surface area contributed by atoms with E-state index in [4.69, 9.17) is 23.8 Å². The molecule has 1 aromatic heterocycles. The summed E-state index contributed by atoms with van der Waals surface area (Å²) in [4.78, 5) is 34.2. The monoisotopic (exact) mass is 670 g/mol. The van der Waals surface area contributed by atoms with Crippen LogP contribution in [0, 0.1) is 11.6 Å². The number of nitrogens with zero attached hydrogens (tertiary/aromatic N) is 3. The predicted octanol–water partition coefficient (Wildman–Crippen LogP) is 4.12. The molecular formula is C32H32F2N4O8S. The Morgan fingerprint density at radius 3 is 2.89 bits per heavy atom. The molecule has 0 bridgehead atoms. The second kappa shape index (κ2) is 13.4. The van der Waals surface area contributed by atoms with Crippen LogP contribution in [0.1, 0.15) is 40.0 Å². The first-order valence-electron chi connectivity index (χ1n) is 15.2. The van der Waals surface area contributed by atoms with E-state index >= 15 is 8.78 Å². The van der Waals surface area contributed by atoms with Crippen LogP contribution in [0.2, 0.25) is 0 Å². The van der Waals surface area contributed by atoms with Crippen molar-refractivity contribution in [1.29, 1.82) is 0 Å². The van der Waals surface area contributed by atoms with Gasteiger partial charge in [-0.25, -0.2) is 18.3 Å². The minimum absolute atomic E-state index is 0.00420. The van der Waals surface area contributed by atoms with Crippen LogP contribution in [0.15, 0.2) is 46.4 Å². The molecule has 248 valence electrons. The number of pyridine rings is 1. The fourth-order valence-corrected chi connectivity index (χ4v) is 7.27. The molecule has 0 radical (unpaired) electrons. The Bertz CT molecular complexity index is 1780. The second-order valence-electron chi connectivity index (χ2n) is 11.3. The number of rotatable bonds is 7. The van der Waals surface area contributed by atoms with Crippen LogP contribution in [0.5, 0.6) is 5.75 Å². The zero-order valence-electron chi connectivity index (χ0n) is 25.5. The topological polar surface area (TPSA) is 122 Å². The van der Waals surface area contributed by atoms with E-state index < -0.39 is 36.7 Å². The number of amides is 1. The summed E-state index contributed by atoms with van der Waals surface area (Å²) in [6.45, 7) is 0.952. The highest BCUT2D eigenvalue weighted by Crippen LogP contribution is 2.41. The summed E-state index contributed by atoms with van der Waals surface area (Å²) < 4.78 is 59.2. The van der Waals surface area contributed by atoms with Crippen LogP contribution in [0.25, 0.3) is 11.3 Å². The average Bonchev–Trinajstić information content (AvgIpc) is 3.53. The van der Waals surface area contributed by atoms with Crippen molar-refractivity contribution in [3.8, 4) is 17.0 Å². The van der Waals surface area contributed by atoms with Gasteiger partial charge in [-0.1, -0.05) is 23.4 Å². The molecule has 2 atom stereocenters. The highest BCUT2D eigenvalue weighted by Gasteiger charge is 2.39. The lowest BCUT2D eigenvalue weighted by molar-refractivity contribution is -0.00532. The Morgan fingerprint density at radius 2 is 2.06 bits per heavy atom. The third kappa shape index (κ3) is 6.10. The van der Waals surface area contributed by atoms with E-state index in [1.807, 2.05) is 24.3 Å². The van der Waals surface area contributed by atoms with Gasteiger partial charge in [-0.15, -0.1) is 11.8 Å². The Balaban J connectivity index is 1.43. The van der Waals surface area contributed by atoms with Crippen molar-refractivity contribution in [2.75, 3.05) is 52.3 Å². The van der Waals surface area contributed by atoms with Gasteiger partial charge in [0.25, 0.3) is 5.91 Å². The van der Waals surface area contributed by atoms with E-state index in [0.717, 1.165) is 36.5 Å². The minimum atomic E-state index is -1.02. The molecule has 0 saturated carbocycles. The van der Waals surface area contributed by atoms with E-state index in [2.05, 4.69) is 15.3 Å². The molecule has 12 nitrogen and oxygen atoms in total. The summed E-state index contributed by atoms with van der Waals surface area (Å²) >= 11 is 1.44. The van der Waals surface area contributed by atoms with Gasteiger partial charge < -0.3 is 38.8 Å². The van der Waals surface area contributed by atoms with Crippen LogP contribution >= 0.6 is 11.8 Å². The van der Waals surface area contributed by atoms with Gasteiger partial charge in [-0.05, 0) is 48.6 Å². The van der Waals surface area contributed by atoms with E-state index in [-0.39, 0.29) is 54.0 Å². The molecule has 47 heavy (non-hydrogen) atoms. The number of methoxy groups -OCH3 is 1. The number of ether oxygens (including phenoxy) is 5. The Hall–Kier alpha value is -4.34. The van der Waals surface area contributed by atoms with Crippen LogP contribution in [-0.2, 0) is 36.0 Å². The number of benzene rings is 2. The van der Waals surface area contributed by atoms with Gasteiger partial charge in [0.1, 0.15) is 18.1 Å². The summed E-state index contributed by atoms with van der Waals surface area (Å²) in [5, 5.41) is 4.41. The van der Waals surface area contributed by atoms with Gasteiger partial charge in [-0.2, -0.15) is 0 Å². The fourth-order valence-electron chi connectivity index (χ4n) is 6.17. The van der Waals surface area contributed by atoms with Gasteiger partial charge in [0, 0.05) is 34.9 Å². The number of hydrogen-bond donors (Lipinski definition) is 1. The molecule has 0 spiro atoms. The van der Waals surface area contributed by atoms with Crippen LogP contribution in [-0.4, -0.2) is 80.8 Å². The number of nitrogens with one attached hydrogen (secondary N) is 1. The lowest BCUT2D eigenvalue weighted by Gasteiger charge is -2.42. The number of hydrogen-bond acceptors (Lipinski definition) is 11. The van der Waals surface area contributed by atoms with Crippen molar-refractivity contribution in [1.82, 2.24) is 9.58 Å². The summed E-state index contributed by atoms with van der Waals surface area (Å²) in [5.74, 6) is -2.22. The number of fused-ring (bicyclic) bond motifs is 4. The van der Waals surface area contributed by atoms with Crippen molar-refractivity contribution in [2.24, 2.45) is 5.16 Å². The Kier molecular flexibility index (Phi) is 8.92. The molecule has 3 aromatic rings. The first kappa shape index (κ1) is 31.3. The molecule has 1 N–H and O–H groups in total. The van der Waals surface area contributed by atoms with Crippen molar-refractivity contribution >= 4 is 23.8 Å². The van der Waals surface area contributed by atoms with E-state index in [9.17, 15) is 9.59 Å². The molecular weight excluding hydrogens is 638 g/mol. The van der Waals surface area contributed by atoms with Crippen LogP contribution in [0.4, 0.5) is 13.6 Å². The molecule has 4 aliphatic rings. The lowest BCUT2D eigenvalue weighted by atomic mass is 9.92. The normalized spacial score (nSPS) is 20.3. The SMILES string of the molecule is COC(=O)OCOc1c2n(c(-c3cc(F)c(F)c4c3Cc3ccccc3SC4)c/c1=N\OCC1CCCO1)N[C@@H]1COCCN1C2=O. The molecule has 2 fully saturated rings. The zero-order chi connectivity index (χ0) is 32.5. The minimum Gasteiger partial charge on any atom is -0.452 e. The van der Waals surface area contributed by atoms with Gasteiger partial charge in [0.15, 0.2) is 23.1 Å². The molecule has 2 aromatic carbocycles. The summed E-state index contributed by atoms with van der Waals surface area (Å²) in [7, 11) is 1.15. The maximum Gasteiger partial charge on any atom is 0.510 e. The molecule has 4 aliphatic heterocycles. The molecule has 0 aliphatic carbocycles. The highest BCUT2D eigenvalue weighted by molar-refractivity contribution is 7.98. The quantitative estimate of drug-likeness (QED) is 0.223. The molecule has 5 heterocycles. The zero-order valence-corrected chi connectivity index (χ0v) is 26.3. The van der Waals surface area contributed by atoms with Crippen LogP contribution in [0.3, 0.4) is 0 Å². The second-order valence-corrected chi connectivity index (χ2v) is 12.3. The molecule has 1 unspecified atom stereocenters. The molecule has 2 saturated heterocycles. The van der Waals surface area contributed by atoms with E-state index in [0.29, 0.717) is 36.5 Å². The maximum atomic E-state index is 15.5. The van der Waals surface area contributed by atoms with Crippen molar-refractivity contribution in [3.63, 3.8) is 0 Å². The van der Waals surface area contributed by atoms with E-state index in [1.54, 1.807) is 11.0 Å². The van der Waals surface area contributed by atoms with Crippen molar-refractivity contribution < 1.29 is 46.9 Å². The summed E-state index contributed by atoms with van der Waals surface area (Å²) in [5.41, 5.74) is 5.75. The standard InChI is InChI=1S/C32H32F2N4O8S/c1-41-32(40)45-17-44-30-24(36-46-14-19-6-4-9-43-19)13-25(38-29(30)31(39)37-8-10-42-15-27(37)35-38)21-12-23(33)28(34)22-16-47-26-7-3-2-5-18(26)11-20(21)22/h2-3,5,7,12-13,19,27,35H,4,6,8-11,14-17H2,1H3/b36-24+/t19?,27-/m0/s1. The number of morpholine rings is 1. The Labute approximate surface area is 272 Å². The summed E-state index contributed by atoms with van der Waals surface area (Å²) in [6, 6.07) is 10.4. The fraction of sp³-hybridized carbons (Fsp3) is 0.406. The third-order valence-corrected chi connectivity index (χ3v) is 9.61. The average molecular weight is 671 g/mol. The first-order chi connectivity index (χ1) is 22.9. The van der Waals surface area contributed by atoms with Gasteiger partial charge in [0.05, 0.1) is 32.1 Å². The number of halogens is 2. The third-order valence-electron chi connectivity index (χ3n) is 8.47. The molecule has 15 heteroatoms. The molecule has 1 amide bonds. The number of thioether (sulfide) groups is 1. The van der Waals surface area contributed by atoms with Gasteiger partial charge >= 0.3 is 6.16 Å². The largest absolute Gasteiger partial charge is 0.510 e. The van der Waals surface area contributed by atoms with Crippen molar-refractivity contribution in [3.05, 3.63) is 75.8 Å². The number of aromatic nitrogens is 1. The maximum absolute atomic E-state index is 15.5. The van der Waals surface area contributed by atoms with Gasteiger partial charge in [-0.3, -0.25) is 4.79 Å².